The van der Waals surface area contributed by atoms with Crippen molar-refractivity contribution in [1.29, 1.82) is 0 Å². The molecule has 1 aliphatic rings. The molecule has 2 aromatic heterocycles. The molecule has 0 radical (unpaired) electrons. The fourth-order valence-corrected chi connectivity index (χ4v) is 4.27. The maximum absolute atomic E-state index is 13.1. The van der Waals surface area contributed by atoms with E-state index in [-0.39, 0.29) is 11.8 Å². The maximum Gasteiger partial charge on any atom is 0.270 e. The molecule has 1 fully saturated rings. The van der Waals surface area contributed by atoms with E-state index in [9.17, 15) is 9.90 Å². The molecule has 4 aromatic rings. The predicted molar refractivity (Wildman–Crippen MR) is 119 cm³/mol. The van der Waals surface area contributed by atoms with E-state index >= 15 is 0 Å². The number of nitrogens with one attached hydrogen (secondary N) is 1. The lowest BCUT2D eigenvalue weighted by Gasteiger charge is -2.34. The van der Waals surface area contributed by atoms with Gasteiger partial charge in [-0.15, -0.1) is 0 Å². The van der Waals surface area contributed by atoms with Gasteiger partial charge in [0.15, 0.2) is 5.82 Å². The Labute approximate surface area is 180 Å². The van der Waals surface area contributed by atoms with Crippen LogP contribution in [0.4, 0.5) is 0 Å². The fraction of sp³-hybridized carbons (Fsp3) is 0.240. The summed E-state index contributed by atoms with van der Waals surface area (Å²) in [6.07, 6.45) is 2.82. The fourth-order valence-electron chi connectivity index (χ4n) is 4.27. The number of piperidine rings is 1. The van der Waals surface area contributed by atoms with E-state index in [1.807, 2.05) is 71.6 Å². The molecule has 0 saturated carbocycles. The molecule has 2 N–H and O–H groups in total. The summed E-state index contributed by atoms with van der Waals surface area (Å²) < 4.78 is 0. The van der Waals surface area contributed by atoms with E-state index in [1.54, 1.807) is 6.20 Å². The number of nitrogens with zero attached hydrogens (tertiary/aromatic N) is 3. The van der Waals surface area contributed by atoms with Crippen molar-refractivity contribution in [2.45, 2.75) is 18.9 Å². The van der Waals surface area contributed by atoms with Crippen LogP contribution in [0.15, 0.2) is 72.9 Å². The first-order valence-electron chi connectivity index (χ1n) is 10.6. The van der Waals surface area contributed by atoms with Crippen LogP contribution >= 0.6 is 0 Å². The number of H-pyrrole nitrogens is 1. The van der Waals surface area contributed by atoms with Gasteiger partial charge < -0.3 is 15.0 Å². The number of hydrogen-bond donors (Lipinski definition) is 2. The first-order valence-corrected chi connectivity index (χ1v) is 10.6. The van der Waals surface area contributed by atoms with Gasteiger partial charge in [-0.3, -0.25) is 4.79 Å². The van der Waals surface area contributed by atoms with E-state index in [1.165, 1.54) is 0 Å². The molecule has 5 rings (SSSR count). The number of aliphatic hydroxyl groups is 1. The Hall–Kier alpha value is -3.51. The molecular weight excluding hydrogens is 388 g/mol. The van der Waals surface area contributed by atoms with Crippen LogP contribution in [0.3, 0.4) is 0 Å². The van der Waals surface area contributed by atoms with E-state index in [4.69, 9.17) is 0 Å². The van der Waals surface area contributed by atoms with Crippen molar-refractivity contribution in [3.8, 4) is 11.4 Å². The number of likely N-dealkylation sites (tertiary alicyclic amines) is 1. The molecule has 6 heteroatoms. The average Bonchev–Trinajstić information content (AvgIpc) is 3.28. The summed E-state index contributed by atoms with van der Waals surface area (Å²) in [6, 6.07) is 21.3. The molecule has 0 aliphatic carbocycles. The SMILES string of the molecule is O=C(c1cc2cnc(-c3ccccc3)nc2[nH]1)N1CCC(C(O)c2ccccc2)CC1. The first kappa shape index (κ1) is 19.5. The Morgan fingerprint density at radius 1 is 1.03 bits per heavy atom. The van der Waals surface area contributed by atoms with Crippen LogP contribution < -0.4 is 0 Å². The summed E-state index contributed by atoms with van der Waals surface area (Å²) in [5.41, 5.74) is 3.06. The Morgan fingerprint density at radius 3 is 2.42 bits per heavy atom. The molecule has 2 aromatic carbocycles. The molecule has 0 bridgehead atoms. The van der Waals surface area contributed by atoms with E-state index in [0.717, 1.165) is 29.4 Å². The van der Waals surface area contributed by atoms with Crippen LogP contribution in [-0.4, -0.2) is 44.0 Å². The van der Waals surface area contributed by atoms with Crippen molar-refractivity contribution in [2.75, 3.05) is 13.1 Å². The van der Waals surface area contributed by atoms with Gasteiger partial charge >= 0.3 is 0 Å². The number of aromatic nitrogens is 3. The smallest absolute Gasteiger partial charge is 0.270 e. The van der Waals surface area contributed by atoms with Crippen molar-refractivity contribution in [3.05, 3.63) is 84.2 Å². The number of amides is 1. The highest BCUT2D eigenvalue weighted by molar-refractivity contribution is 5.97. The lowest BCUT2D eigenvalue weighted by Crippen LogP contribution is -2.39. The Morgan fingerprint density at radius 2 is 1.71 bits per heavy atom. The lowest BCUT2D eigenvalue weighted by atomic mass is 9.87. The third-order valence-electron chi connectivity index (χ3n) is 6.05. The molecule has 0 spiro atoms. The molecule has 6 nitrogen and oxygen atoms in total. The van der Waals surface area contributed by atoms with Gasteiger partial charge in [0.05, 0.1) is 6.10 Å². The summed E-state index contributed by atoms with van der Waals surface area (Å²) in [7, 11) is 0. The normalized spacial score (nSPS) is 15.8. The highest BCUT2D eigenvalue weighted by Gasteiger charge is 2.29. The molecule has 1 amide bonds. The third kappa shape index (κ3) is 3.94. The molecule has 1 unspecified atom stereocenters. The molecule has 3 heterocycles. The zero-order valence-electron chi connectivity index (χ0n) is 17.1. The minimum Gasteiger partial charge on any atom is -0.388 e. The highest BCUT2D eigenvalue weighted by atomic mass is 16.3. The minimum atomic E-state index is -0.488. The zero-order valence-corrected chi connectivity index (χ0v) is 17.1. The molecule has 1 atom stereocenters. The predicted octanol–water partition coefficient (Wildman–Crippen LogP) is 4.21. The van der Waals surface area contributed by atoms with Gasteiger partial charge in [-0.1, -0.05) is 60.7 Å². The van der Waals surface area contributed by atoms with Crippen LogP contribution in [0.2, 0.25) is 0 Å². The second-order valence-electron chi connectivity index (χ2n) is 8.03. The number of rotatable bonds is 4. The van der Waals surface area contributed by atoms with Gasteiger partial charge in [0.1, 0.15) is 11.3 Å². The van der Waals surface area contributed by atoms with Crippen LogP contribution in [0, 0.1) is 5.92 Å². The highest BCUT2D eigenvalue weighted by Crippen LogP contribution is 2.31. The number of aliphatic hydroxyl groups excluding tert-OH is 1. The van der Waals surface area contributed by atoms with E-state index < -0.39 is 6.10 Å². The van der Waals surface area contributed by atoms with Gasteiger partial charge in [0.2, 0.25) is 0 Å². The topological polar surface area (TPSA) is 82.1 Å². The van der Waals surface area contributed by atoms with Crippen molar-refractivity contribution in [3.63, 3.8) is 0 Å². The summed E-state index contributed by atoms with van der Waals surface area (Å²) in [5, 5.41) is 11.5. The number of aromatic amines is 1. The lowest BCUT2D eigenvalue weighted by molar-refractivity contribution is 0.0459. The average molecular weight is 412 g/mol. The second-order valence-corrected chi connectivity index (χ2v) is 8.03. The van der Waals surface area contributed by atoms with Gasteiger partial charge in [0, 0.05) is 30.2 Å². The van der Waals surface area contributed by atoms with Gasteiger partial charge in [-0.25, -0.2) is 9.97 Å². The largest absolute Gasteiger partial charge is 0.388 e. The first-order chi connectivity index (χ1) is 15.2. The number of fused-ring (bicyclic) bond motifs is 1. The standard InChI is InChI=1S/C25H24N4O2/c30-22(17-7-3-1-4-8-17)18-11-13-29(14-12-18)25(31)21-15-20-16-26-23(28-24(20)27-21)19-9-5-2-6-10-19/h1-10,15-16,18,22,30H,11-14H2,(H,26,27,28). The van der Waals surface area contributed by atoms with Crippen LogP contribution in [-0.2, 0) is 0 Å². The van der Waals surface area contributed by atoms with Crippen molar-refractivity contribution in [2.24, 2.45) is 5.92 Å². The molecule has 1 aliphatic heterocycles. The number of carbonyl (C=O) groups excluding carboxylic acids is 1. The quantitative estimate of drug-likeness (QED) is 0.526. The Kier molecular flexibility index (Phi) is 5.22. The molecular formula is C25H24N4O2. The number of carbonyl (C=O) groups is 1. The van der Waals surface area contributed by atoms with Crippen molar-refractivity contribution < 1.29 is 9.90 Å². The summed E-state index contributed by atoms with van der Waals surface area (Å²) in [6.45, 7) is 1.26. The van der Waals surface area contributed by atoms with Crippen molar-refractivity contribution >= 4 is 16.9 Å². The minimum absolute atomic E-state index is 0.0353. The Bertz CT molecular complexity index is 1180. The monoisotopic (exact) mass is 412 g/mol. The zero-order chi connectivity index (χ0) is 21.2. The van der Waals surface area contributed by atoms with E-state index in [0.29, 0.717) is 30.3 Å². The van der Waals surface area contributed by atoms with Gasteiger partial charge in [0.25, 0.3) is 5.91 Å². The molecule has 156 valence electrons. The summed E-state index contributed by atoms with van der Waals surface area (Å²) in [5.74, 6) is 0.755. The van der Waals surface area contributed by atoms with Gasteiger partial charge in [-0.2, -0.15) is 0 Å². The van der Waals surface area contributed by atoms with Crippen LogP contribution in [0.25, 0.3) is 22.4 Å². The van der Waals surface area contributed by atoms with Crippen molar-refractivity contribution in [1.82, 2.24) is 19.9 Å². The third-order valence-corrected chi connectivity index (χ3v) is 6.05. The molecule has 1 saturated heterocycles. The second kappa shape index (κ2) is 8.32. The molecule has 31 heavy (non-hydrogen) atoms. The number of benzene rings is 2. The summed E-state index contributed by atoms with van der Waals surface area (Å²) >= 11 is 0. The van der Waals surface area contributed by atoms with Gasteiger partial charge in [-0.05, 0) is 30.4 Å². The number of hydrogen-bond acceptors (Lipinski definition) is 4. The maximum atomic E-state index is 13.1. The van der Waals surface area contributed by atoms with E-state index in [2.05, 4.69) is 15.0 Å². The Balaban J connectivity index is 1.28. The van der Waals surface area contributed by atoms with Crippen LogP contribution in [0.5, 0.6) is 0 Å². The summed E-state index contributed by atoms with van der Waals surface area (Å²) in [4.78, 5) is 27.1. The van der Waals surface area contributed by atoms with Crippen LogP contribution in [0.1, 0.15) is 35.0 Å².